The number of ether oxygens (including phenoxy) is 1. The number of thiophene rings is 1. The first-order valence-electron chi connectivity index (χ1n) is 9.34. The Kier molecular flexibility index (Phi) is 6.27. The lowest BCUT2D eigenvalue weighted by Gasteiger charge is -2.11. The highest BCUT2D eigenvalue weighted by Crippen LogP contribution is 2.39. The number of benzene rings is 1. The third kappa shape index (κ3) is 4.24. The summed E-state index contributed by atoms with van der Waals surface area (Å²) < 4.78 is 29.3. The average Bonchev–Trinajstić information content (AvgIpc) is 3.28. The number of imide groups is 1. The molecular weight excluding hydrogens is 428 g/mol. The highest BCUT2D eigenvalue weighted by atomic mass is 32.2. The van der Waals surface area contributed by atoms with Gasteiger partial charge in [0.25, 0.3) is 11.8 Å². The van der Waals surface area contributed by atoms with Crippen molar-refractivity contribution < 1.29 is 27.5 Å². The van der Waals surface area contributed by atoms with Crippen molar-refractivity contribution in [1.29, 1.82) is 0 Å². The molecule has 2 aromatic rings. The molecule has 30 heavy (non-hydrogen) atoms. The van der Waals surface area contributed by atoms with Gasteiger partial charge in [-0.3, -0.25) is 14.9 Å². The van der Waals surface area contributed by atoms with Gasteiger partial charge >= 0.3 is 6.09 Å². The molecule has 1 aromatic heterocycles. The zero-order valence-electron chi connectivity index (χ0n) is 16.8. The average molecular weight is 451 g/mol. The summed E-state index contributed by atoms with van der Waals surface area (Å²) in [6, 6.07) is 5.77. The maximum atomic E-state index is 12.8. The Morgan fingerprint density at radius 1 is 1.13 bits per heavy atom. The van der Waals surface area contributed by atoms with E-state index in [4.69, 9.17) is 0 Å². The number of hydrogen-bond acceptors (Lipinski definition) is 7. The fraction of sp³-hybridized carbons (Fsp3) is 0.350. The van der Waals surface area contributed by atoms with Crippen molar-refractivity contribution in [2.24, 2.45) is 0 Å². The lowest BCUT2D eigenvalue weighted by atomic mass is 10.1. The van der Waals surface area contributed by atoms with Crippen LogP contribution >= 0.6 is 11.3 Å². The molecule has 3 rings (SSSR count). The molecule has 0 fully saturated rings. The molecule has 0 saturated heterocycles. The fourth-order valence-corrected chi connectivity index (χ4v) is 5.59. The number of carbonyl (C=O) groups excluding carboxylic acids is 3. The molecule has 0 bridgehead atoms. The van der Waals surface area contributed by atoms with Crippen LogP contribution in [0.1, 0.15) is 51.4 Å². The summed E-state index contributed by atoms with van der Waals surface area (Å²) >= 11 is 1.29. The van der Waals surface area contributed by atoms with Gasteiger partial charge in [-0.1, -0.05) is 6.07 Å². The molecule has 2 N–H and O–H groups in total. The minimum absolute atomic E-state index is 0.0579. The Labute approximate surface area is 178 Å². The normalized spacial score (nSPS) is 13.1. The second-order valence-corrected chi connectivity index (χ2v) is 10.7. The number of carbonyl (C=O) groups is 3. The van der Waals surface area contributed by atoms with Crippen LogP contribution in [0.15, 0.2) is 29.2 Å². The third-order valence-electron chi connectivity index (χ3n) is 4.82. The van der Waals surface area contributed by atoms with Crippen LogP contribution in [-0.4, -0.2) is 38.7 Å². The van der Waals surface area contributed by atoms with E-state index in [0.29, 0.717) is 11.4 Å². The molecule has 1 aliphatic carbocycles. The fourth-order valence-electron chi connectivity index (χ4n) is 3.20. The second-order valence-electron chi connectivity index (χ2n) is 7.08. The summed E-state index contributed by atoms with van der Waals surface area (Å²) in [4.78, 5) is 37.9. The molecular formula is C20H22N2O6S2. The van der Waals surface area contributed by atoms with Gasteiger partial charge in [-0.05, 0) is 56.9 Å². The van der Waals surface area contributed by atoms with E-state index in [-0.39, 0.29) is 16.0 Å². The van der Waals surface area contributed by atoms with E-state index in [9.17, 15) is 22.8 Å². The third-order valence-corrected chi connectivity index (χ3v) is 8.18. The van der Waals surface area contributed by atoms with Crippen LogP contribution in [0.5, 0.6) is 0 Å². The van der Waals surface area contributed by atoms with Crippen molar-refractivity contribution in [3.8, 4) is 0 Å². The maximum absolute atomic E-state index is 12.8. The predicted molar refractivity (Wildman–Crippen MR) is 113 cm³/mol. The molecule has 1 aromatic carbocycles. The molecule has 0 unspecified atom stereocenters. The van der Waals surface area contributed by atoms with Gasteiger partial charge in [0.05, 0.1) is 22.8 Å². The summed E-state index contributed by atoms with van der Waals surface area (Å²) in [6.07, 6.45) is 1.47. The lowest BCUT2D eigenvalue weighted by molar-refractivity contribution is 0.0937. The van der Waals surface area contributed by atoms with Crippen LogP contribution < -0.4 is 10.6 Å². The molecule has 8 nitrogen and oxygen atoms in total. The summed E-state index contributed by atoms with van der Waals surface area (Å²) in [6.45, 7) is 3.14. The number of hydrogen-bond donors (Lipinski definition) is 2. The van der Waals surface area contributed by atoms with Gasteiger partial charge < -0.3 is 10.1 Å². The molecule has 10 heteroatoms. The molecule has 1 heterocycles. The number of fused-ring (bicyclic) bond motifs is 1. The monoisotopic (exact) mass is 450 g/mol. The quantitative estimate of drug-likeness (QED) is 0.722. The summed E-state index contributed by atoms with van der Waals surface area (Å²) in [5.74, 6) is -1.18. The number of alkyl carbamates (subject to hydrolysis) is 1. The topological polar surface area (TPSA) is 119 Å². The summed E-state index contributed by atoms with van der Waals surface area (Å²) in [5.41, 5.74) is 1.22. The first-order chi connectivity index (χ1) is 14.1. The number of nitrogens with one attached hydrogen (secondary N) is 2. The first kappa shape index (κ1) is 22.0. The Bertz CT molecular complexity index is 1120. The Balaban J connectivity index is 1.91. The number of methoxy groups -OCH3 is 1. The van der Waals surface area contributed by atoms with E-state index in [1.807, 2.05) is 0 Å². The molecule has 160 valence electrons. The first-order valence-corrected chi connectivity index (χ1v) is 11.7. The largest absolute Gasteiger partial charge is 0.453 e. The molecule has 0 saturated carbocycles. The van der Waals surface area contributed by atoms with Crippen molar-refractivity contribution in [3.05, 3.63) is 45.8 Å². The van der Waals surface area contributed by atoms with Gasteiger partial charge in [-0.2, -0.15) is 0 Å². The van der Waals surface area contributed by atoms with Crippen LogP contribution in [0.4, 0.5) is 9.80 Å². The molecule has 1 aliphatic rings. The number of aryl methyl sites for hydroxylation is 1. The maximum Gasteiger partial charge on any atom is 0.413 e. The zero-order chi connectivity index (χ0) is 22.1. The Hall–Kier alpha value is -2.72. The van der Waals surface area contributed by atoms with E-state index in [1.165, 1.54) is 35.6 Å². The molecule has 0 atom stereocenters. The van der Waals surface area contributed by atoms with Crippen LogP contribution in [0.25, 0.3) is 0 Å². The van der Waals surface area contributed by atoms with Crippen LogP contribution in [0, 0.1) is 0 Å². The van der Waals surface area contributed by atoms with Crippen molar-refractivity contribution in [1.82, 2.24) is 5.32 Å². The number of anilines is 1. The SMILES string of the molecule is COC(=O)NC(=O)c1c(NC(=O)c2cccc(S(=O)(=O)C(C)C)c2)sc2c1CCC2. The van der Waals surface area contributed by atoms with Crippen LogP contribution in [-0.2, 0) is 27.4 Å². The van der Waals surface area contributed by atoms with E-state index < -0.39 is 33.0 Å². The van der Waals surface area contributed by atoms with Gasteiger partial charge in [0.2, 0.25) is 0 Å². The van der Waals surface area contributed by atoms with Gasteiger partial charge in [0.1, 0.15) is 5.00 Å². The van der Waals surface area contributed by atoms with Crippen molar-refractivity contribution in [3.63, 3.8) is 0 Å². The van der Waals surface area contributed by atoms with Gasteiger partial charge in [0.15, 0.2) is 9.84 Å². The smallest absolute Gasteiger partial charge is 0.413 e. The van der Waals surface area contributed by atoms with E-state index in [0.717, 1.165) is 30.4 Å². The number of rotatable bonds is 5. The molecule has 3 amide bonds. The summed E-state index contributed by atoms with van der Waals surface area (Å²) in [7, 11) is -2.38. The Morgan fingerprint density at radius 3 is 2.53 bits per heavy atom. The minimum Gasteiger partial charge on any atom is -0.453 e. The van der Waals surface area contributed by atoms with Crippen LogP contribution in [0.3, 0.4) is 0 Å². The minimum atomic E-state index is -3.53. The number of amides is 3. The lowest BCUT2D eigenvalue weighted by Crippen LogP contribution is -2.31. The highest BCUT2D eigenvalue weighted by Gasteiger charge is 2.29. The van der Waals surface area contributed by atoms with Crippen LogP contribution in [0.2, 0.25) is 0 Å². The summed E-state index contributed by atoms with van der Waals surface area (Å²) in [5, 5.41) is 4.54. The Morgan fingerprint density at radius 2 is 1.87 bits per heavy atom. The highest BCUT2D eigenvalue weighted by molar-refractivity contribution is 7.92. The van der Waals surface area contributed by atoms with E-state index in [2.05, 4.69) is 15.4 Å². The second kappa shape index (κ2) is 8.57. The van der Waals surface area contributed by atoms with E-state index >= 15 is 0 Å². The van der Waals surface area contributed by atoms with Gasteiger partial charge in [0, 0.05) is 10.4 Å². The van der Waals surface area contributed by atoms with E-state index in [1.54, 1.807) is 13.8 Å². The standard InChI is InChI=1S/C20H22N2O6S2/c1-11(2)30(26,27)13-7-4-6-12(10-13)17(23)21-19-16(18(24)22-20(25)28-3)14-8-5-9-15(14)29-19/h4,6-7,10-11H,5,8-9H2,1-3H3,(H,21,23)(H,22,24,25). The zero-order valence-corrected chi connectivity index (χ0v) is 18.4. The molecule has 0 aliphatic heterocycles. The van der Waals surface area contributed by atoms with Gasteiger partial charge in [-0.15, -0.1) is 11.3 Å². The number of sulfone groups is 1. The van der Waals surface area contributed by atoms with Crippen molar-refractivity contribution >= 4 is 44.1 Å². The molecule has 0 radical (unpaired) electrons. The van der Waals surface area contributed by atoms with Crippen molar-refractivity contribution in [2.45, 2.75) is 43.3 Å². The van der Waals surface area contributed by atoms with Crippen molar-refractivity contribution in [2.75, 3.05) is 12.4 Å². The van der Waals surface area contributed by atoms with Gasteiger partial charge in [-0.25, -0.2) is 13.2 Å². The molecule has 0 spiro atoms. The predicted octanol–water partition coefficient (Wildman–Crippen LogP) is 3.17.